The molecule has 0 bridgehead atoms. The molecule has 0 saturated carbocycles. The Morgan fingerprint density at radius 1 is 1.22 bits per heavy atom. The zero-order valence-corrected chi connectivity index (χ0v) is 11.9. The van der Waals surface area contributed by atoms with Gasteiger partial charge in [0.1, 0.15) is 5.69 Å². The SMILES string of the molecule is NCc1ccc(C(=O)Nc2cc3c(cc2[N+](=O)[O-])OCO3)cc1. The molecule has 1 heterocycles. The number of carbonyl (C=O) groups excluding carboxylic acids is 1. The van der Waals surface area contributed by atoms with E-state index < -0.39 is 10.8 Å². The van der Waals surface area contributed by atoms with Gasteiger partial charge in [-0.05, 0) is 17.7 Å². The zero-order chi connectivity index (χ0) is 16.4. The van der Waals surface area contributed by atoms with E-state index in [9.17, 15) is 14.9 Å². The van der Waals surface area contributed by atoms with Crippen molar-refractivity contribution >= 4 is 17.3 Å². The number of nitro benzene ring substituents is 1. The van der Waals surface area contributed by atoms with Crippen molar-refractivity contribution in [2.45, 2.75) is 6.54 Å². The lowest BCUT2D eigenvalue weighted by molar-refractivity contribution is -0.384. The molecule has 0 radical (unpaired) electrons. The Bertz CT molecular complexity index is 773. The van der Waals surface area contributed by atoms with E-state index in [1.54, 1.807) is 24.3 Å². The Morgan fingerprint density at radius 2 is 1.87 bits per heavy atom. The Balaban J connectivity index is 1.89. The molecule has 8 heteroatoms. The predicted octanol–water partition coefficient (Wildman–Crippen LogP) is 2.03. The fourth-order valence-electron chi connectivity index (χ4n) is 2.17. The standard InChI is InChI=1S/C15H13N3O5/c16-7-9-1-3-10(4-2-9)15(19)17-11-5-13-14(23-8-22-13)6-12(11)18(20)21/h1-6H,7-8,16H2,(H,17,19). The van der Waals surface area contributed by atoms with Gasteiger partial charge in [0, 0.05) is 18.2 Å². The molecular formula is C15H13N3O5. The van der Waals surface area contributed by atoms with E-state index in [1.807, 2.05) is 0 Å². The highest BCUT2D eigenvalue weighted by Crippen LogP contribution is 2.40. The van der Waals surface area contributed by atoms with Gasteiger partial charge in [-0.3, -0.25) is 14.9 Å². The molecule has 0 spiro atoms. The minimum absolute atomic E-state index is 0.00949. The molecule has 0 unspecified atom stereocenters. The van der Waals surface area contributed by atoms with Crippen LogP contribution in [-0.2, 0) is 6.54 Å². The molecule has 2 aromatic carbocycles. The number of carbonyl (C=O) groups is 1. The molecule has 3 N–H and O–H groups in total. The van der Waals surface area contributed by atoms with Crippen LogP contribution in [0, 0.1) is 10.1 Å². The fraction of sp³-hybridized carbons (Fsp3) is 0.133. The van der Waals surface area contributed by atoms with Crippen molar-refractivity contribution in [2.75, 3.05) is 12.1 Å². The van der Waals surface area contributed by atoms with Crippen molar-refractivity contribution in [3.8, 4) is 11.5 Å². The number of nitro groups is 1. The summed E-state index contributed by atoms with van der Waals surface area (Å²) < 4.78 is 10.3. The normalized spacial score (nSPS) is 12.0. The lowest BCUT2D eigenvalue weighted by Gasteiger charge is -2.08. The molecular weight excluding hydrogens is 302 g/mol. The Morgan fingerprint density at radius 3 is 2.48 bits per heavy atom. The number of amides is 1. The monoisotopic (exact) mass is 315 g/mol. The van der Waals surface area contributed by atoms with Crippen molar-refractivity contribution in [1.82, 2.24) is 0 Å². The molecule has 0 fully saturated rings. The predicted molar refractivity (Wildman–Crippen MR) is 81.5 cm³/mol. The number of hydrogen-bond donors (Lipinski definition) is 2. The molecule has 118 valence electrons. The second-order valence-electron chi connectivity index (χ2n) is 4.83. The zero-order valence-electron chi connectivity index (χ0n) is 11.9. The average Bonchev–Trinajstić information content (AvgIpc) is 3.01. The van der Waals surface area contributed by atoms with E-state index in [0.29, 0.717) is 17.9 Å². The summed E-state index contributed by atoms with van der Waals surface area (Å²) in [5.41, 5.74) is 6.54. The van der Waals surface area contributed by atoms with Gasteiger partial charge in [0.2, 0.25) is 6.79 Å². The van der Waals surface area contributed by atoms with E-state index in [4.69, 9.17) is 15.2 Å². The van der Waals surface area contributed by atoms with E-state index in [-0.39, 0.29) is 23.9 Å². The van der Waals surface area contributed by atoms with Crippen molar-refractivity contribution in [3.63, 3.8) is 0 Å². The lowest BCUT2D eigenvalue weighted by atomic mass is 10.1. The van der Waals surface area contributed by atoms with E-state index >= 15 is 0 Å². The summed E-state index contributed by atoms with van der Waals surface area (Å²) in [6, 6.07) is 9.28. The quantitative estimate of drug-likeness (QED) is 0.658. The first-order valence-corrected chi connectivity index (χ1v) is 6.77. The number of benzene rings is 2. The summed E-state index contributed by atoms with van der Waals surface area (Å²) in [4.78, 5) is 22.8. The molecule has 0 atom stereocenters. The molecule has 1 amide bonds. The number of nitrogens with one attached hydrogen (secondary N) is 1. The summed E-state index contributed by atoms with van der Waals surface area (Å²) in [7, 11) is 0. The van der Waals surface area contributed by atoms with Gasteiger partial charge in [-0.15, -0.1) is 0 Å². The molecule has 23 heavy (non-hydrogen) atoms. The minimum Gasteiger partial charge on any atom is -0.454 e. The van der Waals surface area contributed by atoms with E-state index in [1.165, 1.54) is 12.1 Å². The van der Waals surface area contributed by atoms with Crippen LogP contribution in [0.2, 0.25) is 0 Å². The summed E-state index contributed by atoms with van der Waals surface area (Å²) in [5.74, 6) is 0.168. The van der Waals surface area contributed by atoms with Gasteiger partial charge in [0.15, 0.2) is 11.5 Å². The third kappa shape index (κ3) is 2.92. The lowest BCUT2D eigenvalue weighted by Crippen LogP contribution is -2.13. The van der Waals surface area contributed by atoms with Gasteiger partial charge >= 0.3 is 0 Å². The second kappa shape index (κ2) is 5.93. The molecule has 0 saturated heterocycles. The Hall–Kier alpha value is -3.13. The topological polar surface area (TPSA) is 117 Å². The number of nitrogens with zero attached hydrogens (tertiary/aromatic N) is 1. The number of rotatable bonds is 4. The maximum absolute atomic E-state index is 12.3. The highest BCUT2D eigenvalue weighted by molar-refractivity contribution is 6.05. The van der Waals surface area contributed by atoms with Gasteiger partial charge in [-0.25, -0.2) is 0 Å². The summed E-state index contributed by atoms with van der Waals surface area (Å²) in [5, 5.41) is 13.7. The van der Waals surface area contributed by atoms with Crippen molar-refractivity contribution in [3.05, 3.63) is 57.6 Å². The maximum Gasteiger partial charge on any atom is 0.296 e. The van der Waals surface area contributed by atoms with Crippen LogP contribution >= 0.6 is 0 Å². The van der Waals surface area contributed by atoms with Crippen LogP contribution in [0.25, 0.3) is 0 Å². The molecule has 0 aliphatic carbocycles. The number of ether oxygens (including phenoxy) is 2. The maximum atomic E-state index is 12.3. The van der Waals surface area contributed by atoms with Crippen molar-refractivity contribution < 1.29 is 19.2 Å². The smallest absolute Gasteiger partial charge is 0.296 e. The Labute approximate surface area is 131 Å². The molecule has 0 aromatic heterocycles. The fourth-order valence-corrected chi connectivity index (χ4v) is 2.17. The van der Waals surface area contributed by atoms with Gasteiger partial charge in [0.25, 0.3) is 11.6 Å². The highest BCUT2D eigenvalue weighted by Gasteiger charge is 2.24. The largest absolute Gasteiger partial charge is 0.454 e. The molecule has 3 rings (SSSR count). The van der Waals surface area contributed by atoms with Crippen LogP contribution in [-0.4, -0.2) is 17.6 Å². The third-order valence-corrected chi connectivity index (χ3v) is 3.39. The summed E-state index contributed by atoms with van der Waals surface area (Å²) in [6.07, 6.45) is 0. The third-order valence-electron chi connectivity index (χ3n) is 3.39. The van der Waals surface area contributed by atoms with Gasteiger partial charge in [0.05, 0.1) is 11.0 Å². The molecule has 2 aromatic rings. The number of nitrogens with two attached hydrogens (primary N) is 1. The van der Waals surface area contributed by atoms with Crippen LogP contribution < -0.4 is 20.5 Å². The average molecular weight is 315 g/mol. The van der Waals surface area contributed by atoms with E-state index in [2.05, 4.69) is 5.32 Å². The van der Waals surface area contributed by atoms with Crippen molar-refractivity contribution in [2.24, 2.45) is 5.73 Å². The molecule has 1 aliphatic heterocycles. The minimum atomic E-state index is -0.588. The first-order chi connectivity index (χ1) is 11.1. The van der Waals surface area contributed by atoms with Crippen LogP contribution in [0.1, 0.15) is 15.9 Å². The van der Waals surface area contributed by atoms with Crippen LogP contribution in [0.5, 0.6) is 11.5 Å². The van der Waals surface area contributed by atoms with Gasteiger partial charge in [-0.2, -0.15) is 0 Å². The molecule has 8 nitrogen and oxygen atoms in total. The van der Waals surface area contributed by atoms with Crippen molar-refractivity contribution in [1.29, 1.82) is 0 Å². The number of hydrogen-bond acceptors (Lipinski definition) is 6. The van der Waals surface area contributed by atoms with E-state index in [0.717, 1.165) is 5.56 Å². The first kappa shape index (κ1) is 14.8. The second-order valence-corrected chi connectivity index (χ2v) is 4.83. The van der Waals surface area contributed by atoms with Crippen LogP contribution in [0.3, 0.4) is 0 Å². The first-order valence-electron chi connectivity index (χ1n) is 6.77. The Kier molecular flexibility index (Phi) is 3.82. The van der Waals surface area contributed by atoms with Gasteiger partial charge in [-0.1, -0.05) is 12.1 Å². The number of fused-ring (bicyclic) bond motifs is 1. The van der Waals surface area contributed by atoms with Crippen LogP contribution in [0.4, 0.5) is 11.4 Å². The highest BCUT2D eigenvalue weighted by atomic mass is 16.7. The number of anilines is 1. The summed E-state index contributed by atoms with van der Waals surface area (Å²) >= 11 is 0. The summed E-state index contributed by atoms with van der Waals surface area (Å²) in [6.45, 7) is 0.361. The van der Waals surface area contributed by atoms with Crippen LogP contribution in [0.15, 0.2) is 36.4 Å². The molecule has 1 aliphatic rings. The van der Waals surface area contributed by atoms with Gasteiger partial charge < -0.3 is 20.5 Å².